The van der Waals surface area contributed by atoms with Gasteiger partial charge in [-0.05, 0) is 0 Å². The number of carbonyl (C=O) groups is 1. The Hall–Kier alpha value is -0.620. The molecule has 10 heteroatoms. The third kappa shape index (κ3) is 4.94. The second-order valence-electron chi connectivity index (χ2n) is 2.86. The zero-order valence-corrected chi connectivity index (χ0v) is 8.69. The Kier molecular flexibility index (Phi) is 5.96. The van der Waals surface area contributed by atoms with Crippen LogP contribution in [0.5, 0.6) is 0 Å². The zero-order valence-electron chi connectivity index (χ0n) is 7.87. The molecule has 0 aromatic heterocycles. The highest BCUT2D eigenvalue weighted by atomic mass is 32.3. The highest BCUT2D eigenvalue weighted by molar-refractivity contribution is 7.80. The second-order valence-corrected chi connectivity index (χ2v) is 3.90. The molecule has 0 unspecified atom stereocenters. The van der Waals surface area contributed by atoms with Gasteiger partial charge < -0.3 is 25.2 Å². The number of hydrogen-bond acceptors (Lipinski definition) is 8. The van der Waals surface area contributed by atoms with Crippen molar-refractivity contribution < 1.29 is 42.4 Å². The summed E-state index contributed by atoms with van der Waals surface area (Å²) < 4.78 is 32.8. The van der Waals surface area contributed by atoms with Crippen LogP contribution in [0, 0.1) is 0 Å². The minimum Gasteiger partial charge on any atom is -0.394 e. The van der Waals surface area contributed by atoms with Crippen LogP contribution in [0.15, 0.2) is 0 Å². The Labute approximate surface area is 90.9 Å². The Morgan fingerprint density at radius 3 is 2.06 bits per heavy atom. The van der Waals surface area contributed by atoms with Gasteiger partial charge in [0, 0.05) is 0 Å². The van der Waals surface area contributed by atoms with E-state index in [2.05, 4.69) is 4.18 Å². The molecule has 0 aromatic carbocycles. The molecule has 0 heterocycles. The van der Waals surface area contributed by atoms with Crippen molar-refractivity contribution in [2.75, 3.05) is 6.61 Å². The first kappa shape index (κ1) is 15.4. The molecule has 5 N–H and O–H groups in total. The largest absolute Gasteiger partial charge is 0.397 e. The molecular formula is C6H12O9S. The van der Waals surface area contributed by atoms with Crippen LogP contribution in [0.4, 0.5) is 0 Å². The zero-order chi connectivity index (χ0) is 12.9. The van der Waals surface area contributed by atoms with Gasteiger partial charge in [0.15, 0.2) is 6.29 Å². The molecule has 96 valence electrons. The molecule has 0 aliphatic rings. The highest BCUT2D eigenvalue weighted by Crippen LogP contribution is 2.11. The van der Waals surface area contributed by atoms with E-state index in [1.165, 1.54) is 0 Å². The van der Waals surface area contributed by atoms with E-state index in [0.717, 1.165) is 0 Å². The standard InChI is InChI=1S/C6H12O9S/c7-1-3(9)5(11)6(4(10)2-8)15-16(12,13)14/h2-7,9-11H,1H2,(H,12,13,14)/t3-,4+,5+,6-/m1/s1. The summed E-state index contributed by atoms with van der Waals surface area (Å²) in [5.74, 6) is 0. The number of rotatable bonds is 7. The summed E-state index contributed by atoms with van der Waals surface area (Å²) in [5, 5.41) is 35.6. The molecule has 0 amide bonds. The molecule has 0 aliphatic heterocycles. The van der Waals surface area contributed by atoms with Crippen LogP contribution in [0.25, 0.3) is 0 Å². The van der Waals surface area contributed by atoms with Gasteiger partial charge in [-0.2, -0.15) is 8.42 Å². The summed E-state index contributed by atoms with van der Waals surface area (Å²) in [5.41, 5.74) is 0. The molecule has 0 saturated carbocycles. The lowest BCUT2D eigenvalue weighted by molar-refractivity contribution is -0.132. The summed E-state index contributed by atoms with van der Waals surface area (Å²) in [6.45, 7) is -0.960. The molecule has 0 radical (unpaired) electrons. The predicted molar refractivity (Wildman–Crippen MR) is 47.6 cm³/mol. The summed E-state index contributed by atoms with van der Waals surface area (Å²) in [4.78, 5) is 10.2. The molecular weight excluding hydrogens is 248 g/mol. The van der Waals surface area contributed by atoms with E-state index >= 15 is 0 Å². The van der Waals surface area contributed by atoms with Crippen molar-refractivity contribution in [3.8, 4) is 0 Å². The maximum Gasteiger partial charge on any atom is 0.397 e. The number of carbonyl (C=O) groups excluding carboxylic acids is 1. The summed E-state index contributed by atoms with van der Waals surface area (Å²) >= 11 is 0. The summed E-state index contributed by atoms with van der Waals surface area (Å²) in [6.07, 6.45) is -8.30. The monoisotopic (exact) mass is 260 g/mol. The van der Waals surface area contributed by atoms with E-state index in [0.29, 0.717) is 0 Å². The van der Waals surface area contributed by atoms with E-state index in [1.807, 2.05) is 0 Å². The van der Waals surface area contributed by atoms with Crippen molar-refractivity contribution in [2.45, 2.75) is 24.4 Å². The van der Waals surface area contributed by atoms with Crippen LogP contribution in [-0.4, -0.2) is 70.7 Å². The third-order valence-corrected chi connectivity index (χ3v) is 2.09. The normalized spacial score (nSPS) is 19.8. The first-order valence-electron chi connectivity index (χ1n) is 3.99. The number of aliphatic hydroxyl groups is 4. The molecule has 0 aromatic rings. The Morgan fingerprint density at radius 1 is 1.25 bits per heavy atom. The quantitative estimate of drug-likeness (QED) is 0.230. The van der Waals surface area contributed by atoms with E-state index in [1.54, 1.807) is 0 Å². The Balaban J connectivity index is 4.87. The third-order valence-electron chi connectivity index (χ3n) is 1.63. The van der Waals surface area contributed by atoms with Crippen molar-refractivity contribution in [3.05, 3.63) is 0 Å². The van der Waals surface area contributed by atoms with Gasteiger partial charge in [0.2, 0.25) is 0 Å². The molecule has 16 heavy (non-hydrogen) atoms. The smallest absolute Gasteiger partial charge is 0.394 e. The van der Waals surface area contributed by atoms with Gasteiger partial charge in [0.25, 0.3) is 0 Å². The van der Waals surface area contributed by atoms with Gasteiger partial charge in [0.1, 0.15) is 24.4 Å². The highest BCUT2D eigenvalue weighted by Gasteiger charge is 2.36. The van der Waals surface area contributed by atoms with Crippen LogP contribution >= 0.6 is 0 Å². The Morgan fingerprint density at radius 2 is 1.75 bits per heavy atom. The molecule has 0 saturated heterocycles. The minimum absolute atomic E-state index is 0.164. The molecule has 9 nitrogen and oxygen atoms in total. The first-order chi connectivity index (χ1) is 7.22. The van der Waals surface area contributed by atoms with E-state index in [9.17, 15) is 18.3 Å². The number of hydrogen-bond donors (Lipinski definition) is 5. The molecule has 0 spiro atoms. The summed E-state index contributed by atoms with van der Waals surface area (Å²) in [7, 11) is -5.04. The topological polar surface area (TPSA) is 162 Å². The second kappa shape index (κ2) is 6.20. The molecule has 0 aliphatic carbocycles. The fraction of sp³-hybridized carbons (Fsp3) is 0.833. The number of aliphatic hydroxyl groups excluding tert-OH is 4. The van der Waals surface area contributed by atoms with Gasteiger partial charge in [0.05, 0.1) is 6.61 Å². The lowest BCUT2D eigenvalue weighted by Crippen LogP contribution is -2.48. The van der Waals surface area contributed by atoms with Crippen LogP contribution in [0.1, 0.15) is 0 Å². The fourth-order valence-corrected chi connectivity index (χ4v) is 1.37. The van der Waals surface area contributed by atoms with Crippen molar-refractivity contribution in [1.82, 2.24) is 0 Å². The van der Waals surface area contributed by atoms with Gasteiger partial charge in [-0.3, -0.25) is 4.55 Å². The first-order valence-corrected chi connectivity index (χ1v) is 5.35. The predicted octanol–water partition coefficient (Wildman–Crippen LogP) is -3.55. The lowest BCUT2D eigenvalue weighted by atomic mass is 10.0. The van der Waals surface area contributed by atoms with E-state index in [4.69, 9.17) is 19.9 Å². The van der Waals surface area contributed by atoms with Crippen molar-refractivity contribution in [3.63, 3.8) is 0 Å². The molecule has 0 bridgehead atoms. The minimum atomic E-state index is -5.04. The lowest BCUT2D eigenvalue weighted by Gasteiger charge is -2.25. The molecule has 0 fully saturated rings. The van der Waals surface area contributed by atoms with Gasteiger partial charge in [-0.15, -0.1) is 0 Å². The van der Waals surface area contributed by atoms with Crippen LogP contribution < -0.4 is 0 Å². The van der Waals surface area contributed by atoms with Crippen LogP contribution in [-0.2, 0) is 19.4 Å². The summed E-state index contributed by atoms with van der Waals surface area (Å²) in [6, 6.07) is 0. The van der Waals surface area contributed by atoms with Gasteiger partial charge in [-0.1, -0.05) is 0 Å². The van der Waals surface area contributed by atoms with E-state index < -0.39 is 41.4 Å². The van der Waals surface area contributed by atoms with Crippen molar-refractivity contribution >= 4 is 16.7 Å². The van der Waals surface area contributed by atoms with Crippen LogP contribution in [0.2, 0.25) is 0 Å². The SMILES string of the molecule is O=C[C@H](O)[C@@H](OS(=O)(=O)O)[C@@H](O)[C@H](O)CO. The van der Waals surface area contributed by atoms with Gasteiger partial charge >= 0.3 is 10.4 Å². The molecule has 4 atom stereocenters. The fourth-order valence-electron chi connectivity index (χ4n) is 0.861. The van der Waals surface area contributed by atoms with Gasteiger partial charge in [-0.25, -0.2) is 4.18 Å². The van der Waals surface area contributed by atoms with Crippen molar-refractivity contribution in [1.29, 1.82) is 0 Å². The maximum atomic E-state index is 10.3. The van der Waals surface area contributed by atoms with Crippen molar-refractivity contribution in [2.24, 2.45) is 0 Å². The molecule has 0 rings (SSSR count). The maximum absolute atomic E-state index is 10.3. The average molecular weight is 260 g/mol. The number of aldehydes is 1. The Bertz CT molecular complexity index is 312. The average Bonchev–Trinajstić information content (AvgIpc) is 2.21. The van der Waals surface area contributed by atoms with Crippen LogP contribution in [0.3, 0.4) is 0 Å². The van der Waals surface area contributed by atoms with E-state index in [-0.39, 0.29) is 6.29 Å².